The Morgan fingerprint density at radius 2 is 1.88 bits per heavy atom. The van der Waals surface area contributed by atoms with E-state index < -0.39 is 0 Å². The molecule has 0 N–H and O–H groups in total. The minimum absolute atomic E-state index is 0.345. The van der Waals surface area contributed by atoms with E-state index in [4.69, 9.17) is 9.15 Å². The molecule has 0 atom stereocenters. The summed E-state index contributed by atoms with van der Waals surface area (Å²) in [6, 6.07) is 15.3. The topological polar surface area (TPSA) is 57.3 Å². The highest BCUT2D eigenvalue weighted by atomic mass is 16.5. The first-order chi connectivity index (χ1) is 11.7. The second-order valence-electron chi connectivity index (χ2n) is 5.70. The van der Waals surface area contributed by atoms with E-state index in [1.165, 1.54) is 0 Å². The van der Waals surface area contributed by atoms with Crippen LogP contribution in [0.25, 0.3) is 21.9 Å². The van der Waals surface area contributed by atoms with E-state index in [-0.39, 0.29) is 5.63 Å². The van der Waals surface area contributed by atoms with Gasteiger partial charge in [-0.15, -0.1) is 0 Å². The van der Waals surface area contributed by atoms with Gasteiger partial charge < -0.3 is 9.15 Å². The number of fused-ring (bicyclic) bond motifs is 3. The number of para-hydroxylation sites is 1. The number of methoxy groups -OCH3 is 1. The van der Waals surface area contributed by atoms with Crippen LogP contribution in [0.4, 0.5) is 0 Å². The zero-order chi connectivity index (χ0) is 16.7. The van der Waals surface area contributed by atoms with Crippen molar-refractivity contribution in [3.63, 3.8) is 0 Å². The standard InChI is InChI=1S/C19H16N2O3/c1-12-17-18(15-5-3-4-6-16(15)24-19(17)22)20-21(12)11-13-7-9-14(23-2)10-8-13/h3-10H,11H2,1-2H3. The van der Waals surface area contributed by atoms with E-state index >= 15 is 0 Å². The average Bonchev–Trinajstić information content (AvgIpc) is 2.93. The van der Waals surface area contributed by atoms with Crippen molar-refractivity contribution in [2.75, 3.05) is 7.11 Å². The quantitative estimate of drug-likeness (QED) is 0.542. The van der Waals surface area contributed by atoms with Gasteiger partial charge in [0.05, 0.1) is 19.3 Å². The van der Waals surface area contributed by atoms with Gasteiger partial charge in [-0.3, -0.25) is 4.68 Å². The van der Waals surface area contributed by atoms with Gasteiger partial charge in [0, 0.05) is 5.39 Å². The molecule has 4 rings (SSSR count). The minimum atomic E-state index is -0.345. The van der Waals surface area contributed by atoms with Crippen molar-refractivity contribution in [2.24, 2.45) is 0 Å². The Morgan fingerprint density at radius 3 is 2.62 bits per heavy atom. The fraction of sp³-hybridized carbons (Fsp3) is 0.158. The van der Waals surface area contributed by atoms with Crippen LogP contribution >= 0.6 is 0 Å². The van der Waals surface area contributed by atoms with Gasteiger partial charge in [0.25, 0.3) is 0 Å². The number of benzene rings is 2. The smallest absolute Gasteiger partial charge is 0.347 e. The number of hydrogen-bond donors (Lipinski definition) is 0. The molecule has 0 aliphatic rings. The highest BCUT2D eigenvalue weighted by molar-refractivity contribution is 6.02. The van der Waals surface area contributed by atoms with Gasteiger partial charge >= 0.3 is 5.63 Å². The number of hydrogen-bond acceptors (Lipinski definition) is 4. The van der Waals surface area contributed by atoms with Crippen LogP contribution in [0.1, 0.15) is 11.3 Å². The number of rotatable bonds is 3. The lowest BCUT2D eigenvalue weighted by Crippen LogP contribution is -2.05. The van der Waals surface area contributed by atoms with Crippen molar-refractivity contribution in [3.05, 3.63) is 70.2 Å². The van der Waals surface area contributed by atoms with Crippen molar-refractivity contribution in [3.8, 4) is 5.75 Å². The van der Waals surface area contributed by atoms with Crippen molar-refractivity contribution in [2.45, 2.75) is 13.5 Å². The Morgan fingerprint density at radius 1 is 1.12 bits per heavy atom. The van der Waals surface area contributed by atoms with Gasteiger partial charge in [-0.1, -0.05) is 24.3 Å². The second kappa shape index (κ2) is 5.53. The molecule has 2 aromatic heterocycles. The molecule has 0 aliphatic heterocycles. The Bertz CT molecular complexity index is 1090. The Hall–Kier alpha value is -3.08. The summed E-state index contributed by atoms with van der Waals surface area (Å²) in [5.74, 6) is 0.813. The molecule has 0 aliphatic carbocycles. The monoisotopic (exact) mass is 320 g/mol. The van der Waals surface area contributed by atoms with E-state index in [0.29, 0.717) is 23.0 Å². The molecule has 0 saturated carbocycles. The number of aryl methyl sites for hydroxylation is 1. The fourth-order valence-electron chi connectivity index (χ4n) is 2.94. The molecule has 120 valence electrons. The van der Waals surface area contributed by atoms with E-state index in [9.17, 15) is 4.79 Å². The highest BCUT2D eigenvalue weighted by Crippen LogP contribution is 2.24. The van der Waals surface area contributed by atoms with Crippen molar-refractivity contribution in [1.82, 2.24) is 9.78 Å². The second-order valence-corrected chi connectivity index (χ2v) is 5.70. The summed E-state index contributed by atoms with van der Waals surface area (Å²) in [5.41, 5.74) is 2.79. The molecular formula is C19H16N2O3. The molecule has 5 heteroatoms. The van der Waals surface area contributed by atoms with Crippen molar-refractivity contribution >= 4 is 21.9 Å². The molecule has 2 aromatic carbocycles. The molecule has 0 spiro atoms. The maximum atomic E-state index is 12.3. The van der Waals surface area contributed by atoms with Crippen LogP contribution in [0, 0.1) is 6.92 Å². The number of nitrogens with zero attached hydrogens (tertiary/aromatic N) is 2. The van der Waals surface area contributed by atoms with Gasteiger partial charge in [-0.2, -0.15) is 5.10 Å². The lowest BCUT2D eigenvalue weighted by molar-refractivity contribution is 0.414. The third kappa shape index (κ3) is 2.25. The largest absolute Gasteiger partial charge is 0.497 e. The first kappa shape index (κ1) is 14.5. The molecular weight excluding hydrogens is 304 g/mol. The molecule has 0 radical (unpaired) electrons. The van der Waals surface area contributed by atoms with Crippen LogP contribution in [0.5, 0.6) is 5.75 Å². The van der Waals surface area contributed by atoms with Gasteiger partial charge in [0.1, 0.15) is 22.2 Å². The maximum Gasteiger partial charge on any atom is 0.347 e. The summed E-state index contributed by atoms with van der Waals surface area (Å²) in [6.45, 7) is 2.48. The van der Waals surface area contributed by atoms with Gasteiger partial charge in [-0.05, 0) is 36.8 Å². The van der Waals surface area contributed by atoms with E-state index in [1.807, 2.05) is 54.1 Å². The Balaban J connectivity index is 1.87. The number of aromatic nitrogens is 2. The van der Waals surface area contributed by atoms with E-state index in [2.05, 4.69) is 5.10 Å². The lowest BCUT2D eigenvalue weighted by Gasteiger charge is -2.05. The predicted octanol–water partition coefficient (Wildman–Crippen LogP) is 3.51. The summed E-state index contributed by atoms with van der Waals surface area (Å²) < 4.78 is 12.4. The molecule has 0 unspecified atom stereocenters. The normalized spacial score (nSPS) is 11.2. The first-order valence-electron chi connectivity index (χ1n) is 7.69. The Labute approximate surface area is 138 Å². The summed E-state index contributed by atoms with van der Waals surface area (Å²) in [4.78, 5) is 12.3. The Kier molecular flexibility index (Phi) is 3.34. The number of ether oxygens (including phenoxy) is 1. The van der Waals surface area contributed by atoms with Crippen LogP contribution in [0.2, 0.25) is 0 Å². The van der Waals surface area contributed by atoms with Gasteiger partial charge in [0.2, 0.25) is 0 Å². The highest BCUT2D eigenvalue weighted by Gasteiger charge is 2.16. The molecule has 24 heavy (non-hydrogen) atoms. The lowest BCUT2D eigenvalue weighted by atomic mass is 10.1. The van der Waals surface area contributed by atoms with Gasteiger partial charge in [0.15, 0.2) is 0 Å². The molecule has 0 bridgehead atoms. The summed E-state index contributed by atoms with van der Waals surface area (Å²) >= 11 is 0. The van der Waals surface area contributed by atoms with Gasteiger partial charge in [-0.25, -0.2) is 4.79 Å². The average molecular weight is 320 g/mol. The van der Waals surface area contributed by atoms with Crippen LogP contribution in [-0.2, 0) is 6.54 Å². The third-order valence-electron chi connectivity index (χ3n) is 4.25. The maximum absolute atomic E-state index is 12.3. The molecule has 0 amide bonds. The fourth-order valence-corrected chi connectivity index (χ4v) is 2.94. The van der Waals surface area contributed by atoms with E-state index in [1.54, 1.807) is 13.2 Å². The van der Waals surface area contributed by atoms with Crippen LogP contribution in [-0.4, -0.2) is 16.9 Å². The molecule has 2 heterocycles. The third-order valence-corrected chi connectivity index (χ3v) is 4.25. The summed E-state index contributed by atoms with van der Waals surface area (Å²) in [7, 11) is 1.64. The molecule has 4 aromatic rings. The zero-order valence-corrected chi connectivity index (χ0v) is 13.4. The summed E-state index contributed by atoms with van der Waals surface area (Å²) in [6.07, 6.45) is 0. The zero-order valence-electron chi connectivity index (χ0n) is 13.4. The molecule has 5 nitrogen and oxygen atoms in total. The van der Waals surface area contributed by atoms with Crippen molar-refractivity contribution < 1.29 is 9.15 Å². The van der Waals surface area contributed by atoms with Crippen molar-refractivity contribution in [1.29, 1.82) is 0 Å². The molecule has 0 saturated heterocycles. The van der Waals surface area contributed by atoms with Crippen LogP contribution in [0.3, 0.4) is 0 Å². The predicted molar refractivity (Wildman–Crippen MR) is 92.6 cm³/mol. The summed E-state index contributed by atoms with van der Waals surface area (Å²) in [5, 5.41) is 6.06. The molecule has 0 fully saturated rings. The minimum Gasteiger partial charge on any atom is -0.497 e. The van der Waals surface area contributed by atoms with Crippen LogP contribution < -0.4 is 10.4 Å². The SMILES string of the molecule is COc1ccc(Cn2nc3c(c2C)c(=O)oc2ccccc23)cc1. The van der Waals surface area contributed by atoms with Crippen LogP contribution in [0.15, 0.2) is 57.7 Å². The first-order valence-corrected chi connectivity index (χ1v) is 7.69. The van der Waals surface area contributed by atoms with E-state index in [0.717, 1.165) is 22.4 Å².